The van der Waals surface area contributed by atoms with Crippen LogP contribution in [0.5, 0.6) is 0 Å². The SMILES string of the molecule is CCC(=O)NC[C@@]1(c2ccccc2)CC[C@H](O)[C@@H](N2CCCC2)CC1. The quantitative estimate of drug-likeness (QED) is 0.808. The highest BCUT2D eigenvalue weighted by molar-refractivity contribution is 5.75. The first kappa shape index (κ1) is 18.4. The topological polar surface area (TPSA) is 52.6 Å². The number of benzene rings is 1. The van der Waals surface area contributed by atoms with Crippen LogP contribution in [-0.4, -0.2) is 47.7 Å². The number of aliphatic hydroxyl groups is 1. The molecule has 4 heteroatoms. The van der Waals surface area contributed by atoms with Gasteiger partial charge in [0.2, 0.25) is 5.91 Å². The van der Waals surface area contributed by atoms with Crippen LogP contribution in [-0.2, 0) is 10.2 Å². The van der Waals surface area contributed by atoms with E-state index >= 15 is 0 Å². The predicted molar refractivity (Wildman–Crippen MR) is 100 cm³/mol. The Hall–Kier alpha value is -1.39. The molecule has 0 radical (unpaired) electrons. The summed E-state index contributed by atoms with van der Waals surface area (Å²) in [4.78, 5) is 14.4. The lowest BCUT2D eigenvalue weighted by atomic mass is 9.74. The average Bonchev–Trinajstić information content (AvgIpc) is 3.12. The average molecular weight is 344 g/mol. The van der Waals surface area contributed by atoms with Gasteiger partial charge in [0.15, 0.2) is 0 Å². The molecule has 1 aliphatic heterocycles. The molecule has 2 aliphatic rings. The van der Waals surface area contributed by atoms with Crippen molar-refractivity contribution >= 4 is 5.91 Å². The Balaban J connectivity index is 1.80. The highest BCUT2D eigenvalue weighted by Crippen LogP contribution is 2.39. The summed E-state index contributed by atoms with van der Waals surface area (Å²) in [5, 5.41) is 13.9. The molecule has 1 saturated heterocycles. The summed E-state index contributed by atoms with van der Waals surface area (Å²) >= 11 is 0. The number of likely N-dealkylation sites (tertiary alicyclic amines) is 1. The van der Waals surface area contributed by atoms with Crippen molar-refractivity contribution in [2.75, 3.05) is 19.6 Å². The lowest BCUT2D eigenvalue weighted by Gasteiger charge is -2.34. The Morgan fingerprint density at radius 3 is 2.56 bits per heavy atom. The highest BCUT2D eigenvalue weighted by atomic mass is 16.3. The zero-order valence-corrected chi connectivity index (χ0v) is 15.4. The van der Waals surface area contributed by atoms with Crippen LogP contribution < -0.4 is 5.32 Å². The van der Waals surface area contributed by atoms with E-state index in [0.717, 1.165) is 38.8 Å². The van der Waals surface area contributed by atoms with Crippen molar-refractivity contribution in [1.29, 1.82) is 0 Å². The van der Waals surface area contributed by atoms with Crippen molar-refractivity contribution < 1.29 is 9.90 Å². The molecule has 3 atom stereocenters. The van der Waals surface area contributed by atoms with Gasteiger partial charge < -0.3 is 10.4 Å². The van der Waals surface area contributed by atoms with E-state index in [4.69, 9.17) is 0 Å². The molecule has 0 aromatic heterocycles. The molecule has 0 unspecified atom stereocenters. The monoisotopic (exact) mass is 344 g/mol. The second-order valence-electron chi connectivity index (χ2n) is 7.73. The lowest BCUT2D eigenvalue weighted by molar-refractivity contribution is -0.121. The fourth-order valence-electron chi connectivity index (χ4n) is 4.61. The maximum absolute atomic E-state index is 11.9. The Labute approximate surface area is 151 Å². The Kier molecular flexibility index (Phi) is 6.13. The van der Waals surface area contributed by atoms with Crippen molar-refractivity contribution in [1.82, 2.24) is 10.2 Å². The molecule has 1 aromatic rings. The summed E-state index contributed by atoms with van der Waals surface area (Å²) < 4.78 is 0. The molecule has 0 spiro atoms. The van der Waals surface area contributed by atoms with Crippen LogP contribution >= 0.6 is 0 Å². The van der Waals surface area contributed by atoms with Gasteiger partial charge in [-0.2, -0.15) is 0 Å². The third kappa shape index (κ3) is 4.24. The molecule has 25 heavy (non-hydrogen) atoms. The number of nitrogens with zero attached hydrogens (tertiary/aromatic N) is 1. The number of amides is 1. The van der Waals surface area contributed by atoms with E-state index in [-0.39, 0.29) is 23.5 Å². The molecular weight excluding hydrogens is 312 g/mol. The lowest BCUT2D eigenvalue weighted by Crippen LogP contribution is -2.42. The van der Waals surface area contributed by atoms with Gasteiger partial charge in [0.1, 0.15) is 0 Å². The zero-order chi connectivity index (χ0) is 17.7. The van der Waals surface area contributed by atoms with Crippen LogP contribution in [0.1, 0.15) is 57.4 Å². The van der Waals surface area contributed by atoms with Crippen LogP contribution in [0, 0.1) is 0 Å². The van der Waals surface area contributed by atoms with E-state index in [9.17, 15) is 9.90 Å². The van der Waals surface area contributed by atoms with Crippen molar-refractivity contribution in [3.8, 4) is 0 Å². The van der Waals surface area contributed by atoms with Gasteiger partial charge in [-0.15, -0.1) is 0 Å². The molecule has 1 heterocycles. The first-order valence-corrected chi connectivity index (χ1v) is 9.89. The van der Waals surface area contributed by atoms with E-state index in [2.05, 4.69) is 34.5 Å². The smallest absolute Gasteiger partial charge is 0.219 e. The molecule has 4 nitrogen and oxygen atoms in total. The summed E-state index contributed by atoms with van der Waals surface area (Å²) in [5.41, 5.74) is 1.22. The first-order chi connectivity index (χ1) is 12.1. The molecule has 3 rings (SSSR count). The molecule has 0 bridgehead atoms. The Bertz CT molecular complexity index is 556. The van der Waals surface area contributed by atoms with E-state index in [1.165, 1.54) is 18.4 Å². The predicted octanol–water partition coefficient (Wildman–Crippen LogP) is 2.85. The summed E-state index contributed by atoms with van der Waals surface area (Å²) in [6, 6.07) is 10.8. The minimum atomic E-state index is -0.259. The molecule has 1 aliphatic carbocycles. The van der Waals surface area contributed by atoms with E-state index < -0.39 is 0 Å². The van der Waals surface area contributed by atoms with Gasteiger partial charge in [0.05, 0.1) is 6.10 Å². The Morgan fingerprint density at radius 1 is 1.20 bits per heavy atom. The number of nitrogens with one attached hydrogen (secondary N) is 1. The number of hydrogen-bond acceptors (Lipinski definition) is 3. The first-order valence-electron chi connectivity index (χ1n) is 9.89. The molecule has 2 fully saturated rings. The second-order valence-corrected chi connectivity index (χ2v) is 7.73. The van der Waals surface area contributed by atoms with E-state index in [0.29, 0.717) is 13.0 Å². The minimum absolute atomic E-state index is 0.0679. The van der Waals surface area contributed by atoms with Gasteiger partial charge in [-0.25, -0.2) is 0 Å². The maximum Gasteiger partial charge on any atom is 0.219 e. The summed E-state index contributed by atoms with van der Waals surface area (Å²) in [7, 11) is 0. The summed E-state index contributed by atoms with van der Waals surface area (Å²) in [6.07, 6.45) is 6.50. The second kappa shape index (κ2) is 8.33. The molecule has 138 valence electrons. The van der Waals surface area contributed by atoms with Crippen LogP contribution in [0.3, 0.4) is 0 Å². The number of rotatable bonds is 5. The molecule has 1 aromatic carbocycles. The van der Waals surface area contributed by atoms with Crippen molar-refractivity contribution in [3.63, 3.8) is 0 Å². The van der Waals surface area contributed by atoms with Crippen LogP contribution in [0.25, 0.3) is 0 Å². The maximum atomic E-state index is 11.9. The van der Waals surface area contributed by atoms with Gasteiger partial charge in [0, 0.05) is 24.4 Å². The molecular formula is C21H32N2O2. The number of hydrogen-bond donors (Lipinski definition) is 2. The van der Waals surface area contributed by atoms with Gasteiger partial charge in [-0.05, 0) is 57.2 Å². The summed E-state index contributed by atoms with van der Waals surface area (Å²) in [5.74, 6) is 0.108. The zero-order valence-electron chi connectivity index (χ0n) is 15.4. The minimum Gasteiger partial charge on any atom is -0.391 e. The molecule has 1 amide bonds. The standard InChI is InChI=1S/C21H32N2O2/c1-2-20(25)22-16-21(17-8-4-3-5-9-17)12-10-18(19(24)11-13-21)23-14-6-7-15-23/h3-5,8-9,18-19,24H,2,6-7,10-16H2,1H3,(H,22,25)/t18-,19-,21-/m0/s1. The fourth-order valence-corrected chi connectivity index (χ4v) is 4.61. The number of aliphatic hydroxyl groups excluding tert-OH is 1. The van der Waals surface area contributed by atoms with Crippen LogP contribution in [0.4, 0.5) is 0 Å². The third-order valence-corrected chi connectivity index (χ3v) is 6.22. The third-order valence-electron chi connectivity index (χ3n) is 6.22. The van der Waals surface area contributed by atoms with Gasteiger partial charge >= 0.3 is 0 Å². The summed E-state index contributed by atoms with van der Waals surface area (Å²) in [6.45, 7) is 4.80. The van der Waals surface area contributed by atoms with Crippen molar-refractivity contribution in [2.24, 2.45) is 0 Å². The fraction of sp³-hybridized carbons (Fsp3) is 0.667. The van der Waals surface area contributed by atoms with Crippen molar-refractivity contribution in [3.05, 3.63) is 35.9 Å². The van der Waals surface area contributed by atoms with Crippen molar-refractivity contribution in [2.45, 2.75) is 69.4 Å². The van der Waals surface area contributed by atoms with Gasteiger partial charge in [-0.3, -0.25) is 9.69 Å². The highest BCUT2D eigenvalue weighted by Gasteiger charge is 2.40. The molecule has 2 N–H and O–H groups in total. The van der Waals surface area contributed by atoms with E-state index in [1.807, 2.05) is 13.0 Å². The van der Waals surface area contributed by atoms with Crippen LogP contribution in [0.2, 0.25) is 0 Å². The Morgan fingerprint density at radius 2 is 1.88 bits per heavy atom. The largest absolute Gasteiger partial charge is 0.391 e. The van der Waals surface area contributed by atoms with Crippen LogP contribution in [0.15, 0.2) is 30.3 Å². The number of carbonyl (C=O) groups excluding carboxylic acids is 1. The van der Waals surface area contributed by atoms with Gasteiger partial charge in [0.25, 0.3) is 0 Å². The number of carbonyl (C=O) groups is 1. The molecule has 1 saturated carbocycles. The normalized spacial score (nSPS) is 30.8. The van der Waals surface area contributed by atoms with E-state index in [1.54, 1.807) is 0 Å². The van der Waals surface area contributed by atoms with Gasteiger partial charge in [-0.1, -0.05) is 37.3 Å².